The minimum Gasteiger partial charge on any atom is -0.496 e. The number of halogens is 3. The highest BCUT2D eigenvalue weighted by atomic mass is 35.5. The molecule has 0 bridgehead atoms. The fraction of sp³-hybridized carbons (Fsp3) is 0.0417. The van der Waals surface area contributed by atoms with E-state index < -0.39 is 16.8 Å². The molecule has 2 heterocycles. The largest absolute Gasteiger partial charge is 0.496 e. The fourth-order valence-corrected chi connectivity index (χ4v) is 4.85. The van der Waals surface area contributed by atoms with E-state index in [0.29, 0.717) is 54.8 Å². The lowest BCUT2D eigenvalue weighted by Crippen LogP contribution is -2.05. The quantitative estimate of drug-likeness (QED) is 0.269. The molecule has 0 aliphatic carbocycles. The highest BCUT2D eigenvalue weighted by molar-refractivity contribution is 7.86. The van der Waals surface area contributed by atoms with Gasteiger partial charge < -0.3 is 9.26 Å². The topological polar surface area (TPSA) is 90.1 Å². The standard InChI is InChI=1S/C24H15Cl2FN4O3S/c1-33-22-11-16(13-2-5-20(27)19(26)8-13)18(25)10-17(22)24-15-4-3-14(9-21(15)28-12-29-24)35(32)31-23-6-7-34-30-23/h2-12H,1H3,(H,30,31). The summed E-state index contributed by atoms with van der Waals surface area (Å²) in [4.78, 5) is 9.29. The maximum absolute atomic E-state index is 13.6. The van der Waals surface area contributed by atoms with Crippen LogP contribution in [0.4, 0.5) is 10.2 Å². The second kappa shape index (κ2) is 9.61. The van der Waals surface area contributed by atoms with E-state index in [1.807, 2.05) is 0 Å². The lowest BCUT2D eigenvalue weighted by Gasteiger charge is -2.14. The van der Waals surface area contributed by atoms with Gasteiger partial charge >= 0.3 is 0 Å². The Morgan fingerprint density at radius 1 is 1.00 bits per heavy atom. The molecule has 1 unspecified atom stereocenters. The van der Waals surface area contributed by atoms with Crippen LogP contribution in [0.2, 0.25) is 10.0 Å². The Morgan fingerprint density at radius 3 is 2.60 bits per heavy atom. The third kappa shape index (κ3) is 4.58. The maximum Gasteiger partial charge on any atom is 0.181 e. The smallest absolute Gasteiger partial charge is 0.181 e. The lowest BCUT2D eigenvalue weighted by atomic mass is 9.99. The molecule has 5 rings (SSSR count). The van der Waals surface area contributed by atoms with Crippen molar-refractivity contribution in [3.8, 4) is 28.1 Å². The van der Waals surface area contributed by atoms with Crippen LogP contribution < -0.4 is 9.46 Å². The van der Waals surface area contributed by atoms with Crippen molar-refractivity contribution in [1.82, 2.24) is 15.1 Å². The van der Waals surface area contributed by atoms with E-state index in [-0.39, 0.29) is 5.02 Å². The van der Waals surface area contributed by atoms with Crippen LogP contribution in [0.15, 0.2) is 76.6 Å². The van der Waals surface area contributed by atoms with Crippen LogP contribution in [0, 0.1) is 5.82 Å². The molecular formula is C24H15Cl2FN4O3S. The van der Waals surface area contributed by atoms with Crippen molar-refractivity contribution in [2.24, 2.45) is 0 Å². The van der Waals surface area contributed by atoms with Crippen molar-refractivity contribution >= 4 is 50.9 Å². The Morgan fingerprint density at radius 2 is 1.86 bits per heavy atom. The van der Waals surface area contributed by atoms with Crippen molar-refractivity contribution in [3.05, 3.63) is 83.1 Å². The number of nitrogens with zero attached hydrogens (tertiary/aromatic N) is 3. The van der Waals surface area contributed by atoms with E-state index >= 15 is 0 Å². The highest BCUT2D eigenvalue weighted by Gasteiger charge is 2.18. The van der Waals surface area contributed by atoms with Crippen LogP contribution in [0.3, 0.4) is 0 Å². The molecule has 5 aromatic rings. The summed E-state index contributed by atoms with van der Waals surface area (Å²) in [6, 6.07) is 14.6. The first kappa shape index (κ1) is 23.2. The van der Waals surface area contributed by atoms with E-state index in [4.69, 9.17) is 32.5 Å². The van der Waals surface area contributed by atoms with Gasteiger partial charge in [-0.25, -0.2) is 18.6 Å². The first-order chi connectivity index (χ1) is 16.9. The third-order valence-electron chi connectivity index (χ3n) is 5.23. The second-order valence-electron chi connectivity index (χ2n) is 7.32. The van der Waals surface area contributed by atoms with Gasteiger partial charge in [0.15, 0.2) is 16.8 Å². The van der Waals surface area contributed by atoms with Crippen molar-refractivity contribution < 1.29 is 17.9 Å². The zero-order chi connectivity index (χ0) is 24.5. The summed E-state index contributed by atoms with van der Waals surface area (Å²) < 4.78 is 39.5. The minimum absolute atomic E-state index is 0.00497. The van der Waals surface area contributed by atoms with Crippen molar-refractivity contribution in [3.63, 3.8) is 0 Å². The normalized spacial score (nSPS) is 12.0. The summed E-state index contributed by atoms with van der Waals surface area (Å²) >= 11 is 12.6. The van der Waals surface area contributed by atoms with E-state index in [2.05, 4.69) is 19.8 Å². The van der Waals surface area contributed by atoms with Gasteiger partial charge in [-0.1, -0.05) is 34.4 Å². The van der Waals surface area contributed by atoms with E-state index in [0.717, 1.165) is 0 Å². The Hall–Kier alpha value is -3.53. The molecule has 0 fully saturated rings. The minimum atomic E-state index is -1.57. The molecule has 0 aliphatic rings. The van der Waals surface area contributed by atoms with Gasteiger partial charge in [0, 0.05) is 27.6 Å². The van der Waals surface area contributed by atoms with Gasteiger partial charge in [0.25, 0.3) is 0 Å². The number of hydrogen-bond donors (Lipinski definition) is 1. The molecule has 0 saturated carbocycles. The zero-order valence-corrected chi connectivity index (χ0v) is 20.3. The summed E-state index contributed by atoms with van der Waals surface area (Å²) in [7, 11) is -0.0377. The molecule has 1 N–H and O–H groups in total. The van der Waals surface area contributed by atoms with Crippen LogP contribution in [-0.2, 0) is 11.0 Å². The number of hydrogen-bond acceptors (Lipinski definition) is 6. The Balaban J connectivity index is 1.57. The Kier molecular flexibility index (Phi) is 6.38. The maximum atomic E-state index is 13.6. The summed E-state index contributed by atoms with van der Waals surface area (Å²) in [6.45, 7) is 0. The van der Waals surface area contributed by atoms with E-state index in [1.54, 1.807) is 42.5 Å². The summed E-state index contributed by atoms with van der Waals surface area (Å²) in [5.74, 6) is 0.345. The van der Waals surface area contributed by atoms with E-state index in [1.165, 1.54) is 31.8 Å². The van der Waals surface area contributed by atoms with Crippen LogP contribution in [0.1, 0.15) is 0 Å². The van der Waals surface area contributed by atoms with Crippen LogP contribution in [0.25, 0.3) is 33.3 Å². The SMILES string of the molecule is COc1cc(-c2ccc(F)c(Cl)c2)c(Cl)cc1-c1ncnc2cc(S(=O)Nc3ccon3)ccc12. The molecule has 0 radical (unpaired) electrons. The summed E-state index contributed by atoms with van der Waals surface area (Å²) in [5, 5.41) is 4.82. The first-order valence-corrected chi connectivity index (χ1v) is 12.0. The highest BCUT2D eigenvalue weighted by Crippen LogP contribution is 2.41. The molecule has 35 heavy (non-hydrogen) atoms. The van der Waals surface area contributed by atoms with Gasteiger partial charge in [-0.3, -0.25) is 4.72 Å². The number of benzene rings is 3. The molecule has 176 valence electrons. The molecule has 2 aromatic heterocycles. The van der Waals surface area contributed by atoms with Crippen molar-refractivity contribution in [1.29, 1.82) is 0 Å². The number of nitrogens with one attached hydrogen (secondary N) is 1. The molecule has 3 aromatic carbocycles. The van der Waals surface area contributed by atoms with Gasteiger partial charge in [-0.15, -0.1) is 0 Å². The number of rotatable bonds is 6. The van der Waals surface area contributed by atoms with Gasteiger partial charge in [0.2, 0.25) is 0 Å². The molecule has 11 heteroatoms. The predicted molar refractivity (Wildman–Crippen MR) is 133 cm³/mol. The number of aromatic nitrogens is 3. The Bertz CT molecular complexity index is 1580. The molecule has 0 amide bonds. The van der Waals surface area contributed by atoms with Gasteiger partial charge in [0.1, 0.15) is 24.2 Å². The van der Waals surface area contributed by atoms with Crippen LogP contribution in [0.5, 0.6) is 5.75 Å². The van der Waals surface area contributed by atoms with E-state index in [9.17, 15) is 8.60 Å². The molecule has 0 aliphatic heterocycles. The molecule has 7 nitrogen and oxygen atoms in total. The van der Waals surface area contributed by atoms with Gasteiger partial charge in [-0.2, -0.15) is 0 Å². The van der Waals surface area contributed by atoms with Crippen LogP contribution in [-0.4, -0.2) is 26.4 Å². The molecule has 1 atom stereocenters. The third-order valence-corrected chi connectivity index (χ3v) is 6.91. The summed E-state index contributed by atoms with van der Waals surface area (Å²) in [6.07, 6.45) is 2.80. The number of anilines is 1. The van der Waals surface area contributed by atoms with Crippen molar-refractivity contribution in [2.75, 3.05) is 11.8 Å². The van der Waals surface area contributed by atoms with Crippen LogP contribution >= 0.6 is 23.2 Å². The predicted octanol–water partition coefficient (Wildman–Crippen LogP) is 6.54. The molecular weight excluding hydrogens is 514 g/mol. The second-order valence-corrected chi connectivity index (χ2v) is 9.35. The van der Waals surface area contributed by atoms with Crippen molar-refractivity contribution in [2.45, 2.75) is 4.90 Å². The summed E-state index contributed by atoms with van der Waals surface area (Å²) in [5.41, 5.74) is 3.07. The monoisotopic (exact) mass is 528 g/mol. The van der Waals surface area contributed by atoms with Gasteiger partial charge in [0.05, 0.1) is 28.2 Å². The average Bonchev–Trinajstić information content (AvgIpc) is 3.38. The first-order valence-electron chi connectivity index (χ1n) is 10.1. The number of fused-ring (bicyclic) bond motifs is 1. The fourth-order valence-electron chi connectivity index (χ4n) is 3.58. The lowest BCUT2D eigenvalue weighted by molar-refractivity contribution is 0.416. The average molecular weight is 529 g/mol. The van der Waals surface area contributed by atoms with Gasteiger partial charge in [-0.05, 0) is 48.0 Å². The number of methoxy groups -OCH3 is 1. The number of ether oxygens (including phenoxy) is 1. The molecule has 0 spiro atoms. The zero-order valence-electron chi connectivity index (χ0n) is 18.0. The Labute approximate surface area is 211 Å². The molecule has 0 saturated heterocycles.